The van der Waals surface area contributed by atoms with Crippen LogP contribution in [0.25, 0.3) is 5.57 Å². The van der Waals surface area contributed by atoms with Crippen molar-refractivity contribution in [3.05, 3.63) is 76.6 Å². The summed E-state index contributed by atoms with van der Waals surface area (Å²) in [6.45, 7) is 3.89. The van der Waals surface area contributed by atoms with E-state index in [1.54, 1.807) is 18.2 Å². The fourth-order valence-electron chi connectivity index (χ4n) is 2.97. The molecule has 1 amide bonds. The van der Waals surface area contributed by atoms with Gasteiger partial charge in [-0.15, -0.1) is 8.78 Å². The van der Waals surface area contributed by atoms with Crippen LogP contribution in [0, 0.1) is 0 Å². The zero-order valence-corrected chi connectivity index (χ0v) is 17.4. The summed E-state index contributed by atoms with van der Waals surface area (Å²) in [5.74, 6) is -0.0568. The highest BCUT2D eigenvalue weighted by atomic mass is 79.9. The van der Waals surface area contributed by atoms with Gasteiger partial charge in [-0.25, -0.2) is 0 Å². The number of nitrogens with one attached hydrogen (secondary N) is 1. The summed E-state index contributed by atoms with van der Waals surface area (Å²) >= 11 is 3.46. The SMILES string of the molecule is C=C(/C=C\C(=C/N)c1cc2c(cc1Br)OCO2)NC(=O)c1cccc2c1OC(F)(F)O2. The Morgan fingerprint density at radius 3 is 2.61 bits per heavy atom. The molecule has 160 valence electrons. The van der Waals surface area contributed by atoms with Gasteiger partial charge in [0.25, 0.3) is 5.91 Å². The number of allylic oxidation sites excluding steroid dienone is 3. The highest BCUT2D eigenvalue weighted by Gasteiger charge is 2.45. The largest absolute Gasteiger partial charge is 0.586 e. The van der Waals surface area contributed by atoms with Crippen molar-refractivity contribution < 1.29 is 32.5 Å². The van der Waals surface area contributed by atoms with Gasteiger partial charge < -0.3 is 30.0 Å². The van der Waals surface area contributed by atoms with Gasteiger partial charge in [-0.3, -0.25) is 4.79 Å². The van der Waals surface area contributed by atoms with Crippen LogP contribution >= 0.6 is 15.9 Å². The van der Waals surface area contributed by atoms with Crippen LogP contribution in [-0.2, 0) is 0 Å². The van der Waals surface area contributed by atoms with Crippen LogP contribution in [0.5, 0.6) is 23.0 Å². The van der Waals surface area contributed by atoms with Gasteiger partial charge in [0, 0.05) is 21.9 Å². The fourth-order valence-corrected chi connectivity index (χ4v) is 3.52. The van der Waals surface area contributed by atoms with Gasteiger partial charge in [0.2, 0.25) is 6.79 Å². The number of fused-ring (bicyclic) bond motifs is 2. The van der Waals surface area contributed by atoms with E-state index in [0.29, 0.717) is 17.1 Å². The lowest BCUT2D eigenvalue weighted by atomic mass is 10.1. The highest BCUT2D eigenvalue weighted by molar-refractivity contribution is 9.10. The van der Waals surface area contributed by atoms with E-state index in [0.717, 1.165) is 10.0 Å². The number of hydrogen-bond acceptors (Lipinski definition) is 6. The van der Waals surface area contributed by atoms with Gasteiger partial charge in [0.1, 0.15) is 0 Å². The average Bonchev–Trinajstić information content (AvgIpc) is 3.29. The molecule has 0 aromatic heterocycles. The van der Waals surface area contributed by atoms with E-state index in [4.69, 9.17) is 15.2 Å². The molecule has 2 aromatic rings. The van der Waals surface area contributed by atoms with Crippen LogP contribution in [0.4, 0.5) is 8.78 Å². The van der Waals surface area contributed by atoms with Crippen molar-refractivity contribution >= 4 is 27.4 Å². The summed E-state index contributed by atoms with van der Waals surface area (Å²) in [7, 11) is 0. The maximum atomic E-state index is 13.3. The summed E-state index contributed by atoms with van der Waals surface area (Å²) in [6, 6.07) is 7.55. The molecule has 2 aliphatic rings. The van der Waals surface area contributed by atoms with E-state index in [2.05, 4.69) is 37.3 Å². The number of rotatable bonds is 5. The number of para-hydroxylation sites is 1. The average molecular weight is 493 g/mol. The van der Waals surface area contributed by atoms with E-state index in [1.165, 1.54) is 30.5 Å². The number of alkyl halides is 2. The third-order valence-corrected chi connectivity index (χ3v) is 5.02. The molecule has 0 saturated heterocycles. The second kappa shape index (κ2) is 7.95. The number of nitrogens with two attached hydrogens (primary N) is 1. The van der Waals surface area contributed by atoms with Crippen molar-refractivity contribution in [3.63, 3.8) is 0 Å². The lowest BCUT2D eigenvalue weighted by Crippen LogP contribution is -2.27. The van der Waals surface area contributed by atoms with Crippen molar-refractivity contribution in [1.29, 1.82) is 0 Å². The molecule has 0 radical (unpaired) electrons. The number of amides is 1. The quantitative estimate of drug-likeness (QED) is 0.604. The molecule has 7 nitrogen and oxygen atoms in total. The molecule has 0 unspecified atom stereocenters. The summed E-state index contributed by atoms with van der Waals surface area (Å²) in [4.78, 5) is 12.5. The van der Waals surface area contributed by atoms with Gasteiger partial charge in [-0.2, -0.15) is 0 Å². The van der Waals surface area contributed by atoms with Gasteiger partial charge in [-0.1, -0.05) is 34.7 Å². The van der Waals surface area contributed by atoms with Crippen molar-refractivity contribution in [1.82, 2.24) is 5.32 Å². The molecule has 0 bridgehead atoms. The van der Waals surface area contributed by atoms with Crippen molar-refractivity contribution in [3.8, 4) is 23.0 Å². The Morgan fingerprint density at radius 1 is 1.13 bits per heavy atom. The van der Waals surface area contributed by atoms with Gasteiger partial charge in [-0.05, 0) is 35.9 Å². The maximum absolute atomic E-state index is 13.3. The van der Waals surface area contributed by atoms with E-state index >= 15 is 0 Å². The van der Waals surface area contributed by atoms with E-state index < -0.39 is 12.2 Å². The molecule has 31 heavy (non-hydrogen) atoms. The highest BCUT2D eigenvalue weighted by Crippen LogP contribution is 2.43. The third kappa shape index (κ3) is 4.19. The molecule has 0 saturated carbocycles. The van der Waals surface area contributed by atoms with Crippen molar-refractivity contribution in [2.45, 2.75) is 6.29 Å². The Balaban J connectivity index is 1.48. The van der Waals surface area contributed by atoms with Crippen LogP contribution in [-0.4, -0.2) is 19.0 Å². The number of benzene rings is 2. The first-order valence-electron chi connectivity index (χ1n) is 8.86. The molecule has 4 rings (SSSR count). The minimum Gasteiger partial charge on any atom is -0.454 e. The Hall–Kier alpha value is -3.53. The Kier molecular flexibility index (Phi) is 5.32. The second-order valence-corrected chi connectivity index (χ2v) is 7.27. The number of hydrogen-bond donors (Lipinski definition) is 2. The number of carbonyl (C=O) groups is 1. The molecule has 2 aliphatic heterocycles. The van der Waals surface area contributed by atoms with Crippen LogP contribution in [0.3, 0.4) is 0 Å². The third-order valence-electron chi connectivity index (χ3n) is 4.36. The van der Waals surface area contributed by atoms with Crippen LogP contribution in [0.15, 0.2) is 65.4 Å². The number of carbonyl (C=O) groups excluding carboxylic acids is 1. The molecule has 0 aliphatic carbocycles. The van der Waals surface area contributed by atoms with Gasteiger partial charge >= 0.3 is 6.29 Å². The zero-order valence-electron chi connectivity index (χ0n) is 15.8. The van der Waals surface area contributed by atoms with Crippen LogP contribution in [0.1, 0.15) is 15.9 Å². The Labute approximate surface area is 183 Å². The van der Waals surface area contributed by atoms with Gasteiger partial charge in [0.05, 0.1) is 5.56 Å². The van der Waals surface area contributed by atoms with E-state index in [9.17, 15) is 13.6 Å². The summed E-state index contributed by atoms with van der Waals surface area (Å²) < 4.78 is 46.9. The molecule has 0 atom stereocenters. The topological polar surface area (TPSA) is 92.0 Å². The summed E-state index contributed by atoms with van der Waals surface area (Å²) in [5, 5.41) is 2.52. The predicted octanol–water partition coefficient (Wildman–Crippen LogP) is 4.30. The molecule has 2 aromatic carbocycles. The van der Waals surface area contributed by atoms with Crippen molar-refractivity contribution in [2.24, 2.45) is 5.73 Å². The molecular weight excluding hydrogens is 478 g/mol. The van der Waals surface area contributed by atoms with Gasteiger partial charge in [0.15, 0.2) is 23.0 Å². The first kappa shape index (κ1) is 20.7. The molecule has 3 N–H and O–H groups in total. The van der Waals surface area contributed by atoms with E-state index in [1.807, 2.05) is 0 Å². The molecule has 0 spiro atoms. The molecule has 0 fully saturated rings. The monoisotopic (exact) mass is 492 g/mol. The Morgan fingerprint density at radius 2 is 1.87 bits per heavy atom. The maximum Gasteiger partial charge on any atom is 0.586 e. The lowest BCUT2D eigenvalue weighted by molar-refractivity contribution is -0.286. The normalized spacial score (nSPS) is 15.9. The standard InChI is InChI=1S/C21H15BrF2N2O5/c1-11(26-20(27)13-3-2-4-16-19(13)31-21(23,24)30-16)5-6-12(9-25)14-7-17-18(8-15(14)22)29-10-28-17/h2-9H,1,10,25H2,(H,26,27)/b6-5-,12-9+. The minimum absolute atomic E-state index is 0.114. The molecule has 2 heterocycles. The Bertz CT molecular complexity index is 1150. The number of halogens is 3. The summed E-state index contributed by atoms with van der Waals surface area (Å²) in [5.41, 5.74) is 7.19. The predicted molar refractivity (Wildman–Crippen MR) is 111 cm³/mol. The van der Waals surface area contributed by atoms with Crippen molar-refractivity contribution in [2.75, 3.05) is 6.79 Å². The first-order valence-corrected chi connectivity index (χ1v) is 9.65. The minimum atomic E-state index is -3.82. The molecule has 10 heteroatoms. The molecular formula is C21H15BrF2N2O5. The van der Waals surface area contributed by atoms with E-state index in [-0.39, 0.29) is 29.6 Å². The summed E-state index contributed by atoms with van der Waals surface area (Å²) in [6.07, 6.45) is 0.705. The van der Waals surface area contributed by atoms with Crippen LogP contribution in [0.2, 0.25) is 0 Å². The first-order chi connectivity index (χ1) is 14.8. The lowest BCUT2D eigenvalue weighted by Gasteiger charge is -2.09. The zero-order chi connectivity index (χ0) is 22.2. The van der Waals surface area contributed by atoms with Crippen LogP contribution < -0.4 is 30.0 Å². The number of ether oxygens (including phenoxy) is 4. The smallest absolute Gasteiger partial charge is 0.454 e. The fraction of sp³-hybridized carbons (Fsp3) is 0.0952. The second-order valence-electron chi connectivity index (χ2n) is 6.42.